The average molecular weight is 277 g/mol. The maximum absolute atomic E-state index is 12.0. The lowest BCUT2D eigenvalue weighted by molar-refractivity contribution is -0.123. The van der Waals surface area contributed by atoms with Crippen LogP contribution in [0.15, 0.2) is 28.7 Å². The van der Waals surface area contributed by atoms with E-state index in [-0.39, 0.29) is 24.9 Å². The van der Waals surface area contributed by atoms with E-state index >= 15 is 0 Å². The first-order valence-corrected chi connectivity index (χ1v) is 6.04. The zero-order chi connectivity index (χ0) is 14.5. The molecule has 1 aromatic heterocycles. The fourth-order valence-corrected chi connectivity index (χ4v) is 1.82. The Morgan fingerprint density at radius 3 is 2.75 bits per heavy atom. The minimum absolute atomic E-state index is 0.0666. The van der Waals surface area contributed by atoms with Crippen LogP contribution in [0.3, 0.4) is 0 Å². The number of amides is 1. The Balaban J connectivity index is 2.30. The Bertz CT molecular complexity index is 632. The molecule has 0 aliphatic carbocycles. The molecular formula is C14H15NO5. The van der Waals surface area contributed by atoms with Crippen molar-refractivity contribution in [1.29, 1.82) is 0 Å². The molecule has 20 heavy (non-hydrogen) atoms. The van der Waals surface area contributed by atoms with Crippen LogP contribution in [-0.2, 0) is 20.9 Å². The summed E-state index contributed by atoms with van der Waals surface area (Å²) in [5, 5.41) is 3.16. The number of methoxy groups -OCH3 is 1. The van der Waals surface area contributed by atoms with Gasteiger partial charge in [0.2, 0.25) is 5.76 Å². The Labute approximate surface area is 115 Å². The average Bonchev–Trinajstić information content (AvgIpc) is 2.84. The second kappa shape index (κ2) is 6.21. The summed E-state index contributed by atoms with van der Waals surface area (Å²) in [6, 6.07) is 7.24. The van der Waals surface area contributed by atoms with Gasteiger partial charge in [-0.2, -0.15) is 0 Å². The SMILES string of the molecule is CNC(=O)COC(=O)c1oc2ccccc2c1COC. The summed E-state index contributed by atoms with van der Waals surface area (Å²) in [5.41, 5.74) is 1.19. The molecule has 0 aliphatic heterocycles. The van der Waals surface area contributed by atoms with Crippen molar-refractivity contribution < 1.29 is 23.5 Å². The summed E-state index contributed by atoms with van der Waals surface area (Å²) in [6.07, 6.45) is 0. The second-order valence-electron chi connectivity index (χ2n) is 4.09. The van der Waals surface area contributed by atoms with Gasteiger partial charge in [-0.15, -0.1) is 0 Å². The van der Waals surface area contributed by atoms with Gasteiger partial charge in [0, 0.05) is 25.1 Å². The van der Waals surface area contributed by atoms with Gasteiger partial charge in [0.1, 0.15) is 5.58 Å². The highest BCUT2D eigenvalue weighted by Gasteiger charge is 2.22. The third-order valence-corrected chi connectivity index (χ3v) is 2.79. The molecule has 6 nitrogen and oxygen atoms in total. The quantitative estimate of drug-likeness (QED) is 0.838. The third kappa shape index (κ3) is 2.80. The predicted octanol–water partition coefficient (Wildman–Crippen LogP) is 1.48. The highest BCUT2D eigenvalue weighted by atomic mass is 16.5. The van der Waals surface area contributed by atoms with E-state index in [2.05, 4.69) is 5.32 Å². The molecule has 106 valence electrons. The Hall–Kier alpha value is -2.34. The van der Waals surface area contributed by atoms with E-state index < -0.39 is 5.97 Å². The number of rotatable bonds is 5. The van der Waals surface area contributed by atoms with Gasteiger partial charge in [0.25, 0.3) is 5.91 Å². The van der Waals surface area contributed by atoms with E-state index in [0.717, 1.165) is 5.39 Å². The van der Waals surface area contributed by atoms with E-state index in [1.807, 2.05) is 18.2 Å². The van der Waals surface area contributed by atoms with Gasteiger partial charge in [0.15, 0.2) is 6.61 Å². The maximum Gasteiger partial charge on any atom is 0.375 e. The van der Waals surface area contributed by atoms with Gasteiger partial charge < -0.3 is 19.2 Å². The minimum Gasteiger partial charge on any atom is -0.450 e. The standard InChI is InChI=1S/C14H15NO5/c1-15-12(16)8-19-14(17)13-10(7-18-2)9-5-3-4-6-11(9)20-13/h3-6H,7-8H2,1-2H3,(H,15,16). The van der Waals surface area contributed by atoms with Crippen molar-refractivity contribution in [3.8, 4) is 0 Å². The van der Waals surface area contributed by atoms with Crippen LogP contribution in [0.5, 0.6) is 0 Å². The molecule has 1 heterocycles. The van der Waals surface area contributed by atoms with Crippen molar-refractivity contribution in [3.05, 3.63) is 35.6 Å². The number of likely N-dealkylation sites (N-methyl/N-ethyl adjacent to an activating group) is 1. The zero-order valence-electron chi connectivity index (χ0n) is 11.3. The van der Waals surface area contributed by atoms with Crippen molar-refractivity contribution in [2.45, 2.75) is 6.61 Å². The van der Waals surface area contributed by atoms with Gasteiger partial charge in [-0.05, 0) is 6.07 Å². The molecule has 0 unspecified atom stereocenters. The molecule has 2 rings (SSSR count). The topological polar surface area (TPSA) is 77.8 Å². The molecule has 0 spiro atoms. The third-order valence-electron chi connectivity index (χ3n) is 2.79. The molecule has 0 bridgehead atoms. The normalized spacial score (nSPS) is 10.5. The van der Waals surface area contributed by atoms with Gasteiger partial charge in [-0.3, -0.25) is 4.79 Å². The number of fused-ring (bicyclic) bond motifs is 1. The van der Waals surface area contributed by atoms with Crippen LogP contribution < -0.4 is 5.32 Å². The highest BCUT2D eigenvalue weighted by Crippen LogP contribution is 2.27. The molecule has 1 N–H and O–H groups in total. The van der Waals surface area contributed by atoms with E-state index in [1.165, 1.54) is 14.2 Å². The van der Waals surface area contributed by atoms with Crippen molar-refractivity contribution in [2.24, 2.45) is 0 Å². The van der Waals surface area contributed by atoms with Gasteiger partial charge in [0.05, 0.1) is 6.61 Å². The smallest absolute Gasteiger partial charge is 0.375 e. The lowest BCUT2D eigenvalue weighted by Crippen LogP contribution is -2.25. The highest BCUT2D eigenvalue weighted by molar-refractivity contribution is 5.96. The fourth-order valence-electron chi connectivity index (χ4n) is 1.82. The van der Waals surface area contributed by atoms with Crippen molar-refractivity contribution in [1.82, 2.24) is 5.32 Å². The molecule has 0 aliphatic rings. The number of furan rings is 1. The Kier molecular flexibility index (Phi) is 4.37. The van der Waals surface area contributed by atoms with Crippen LogP contribution in [0.4, 0.5) is 0 Å². The number of carbonyl (C=O) groups is 2. The number of benzene rings is 1. The Morgan fingerprint density at radius 2 is 2.05 bits per heavy atom. The predicted molar refractivity (Wildman–Crippen MR) is 71.3 cm³/mol. The first-order chi connectivity index (χ1) is 9.67. The summed E-state index contributed by atoms with van der Waals surface area (Å²) in [6.45, 7) is -0.125. The van der Waals surface area contributed by atoms with Crippen molar-refractivity contribution in [2.75, 3.05) is 20.8 Å². The van der Waals surface area contributed by atoms with Gasteiger partial charge >= 0.3 is 5.97 Å². The van der Waals surface area contributed by atoms with E-state index in [4.69, 9.17) is 13.9 Å². The van der Waals surface area contributed by atoms with Crippen LogP contribution in [0.1, 0.15) is 16.1 Å². The molecule has 0 saturated carbocycles. The molecule has 0 saturated heterocycles. The van der Waals surface area contributed by atoms with E-state index in [9.17, 15) is 9.59 Å². The lowest BCUT2D eigenvalue weighted by Gasteiger charge is -2.03. The summed E-state index contributed by atoms with van der Waals surface area (Å²) < 4.78 is 15.5. The molecular weight excluding hydrogens is 262 g/mol. The summed E-state index contributed by atoms with van der Waals surface area (Å²) in [5.74, 6) is -1.00. The first kappa shape index (κ1) is 14.1. The minimum atomic E-state index is -0.683. The molecule has 1 amide bonds. The molecule has 2 aromatic rings. The number of esters is 1. The lowest BCUT2D eigenvalue weighted by atomic mass is 10.1. The monoisotopic (exact) mass is 277 g/mol. The number of hydrogen-bond acceptors (Lipinski definition) is 5. The largest absolute Gasteiger partial charge is 0.450 e. The summed E-state index contributed by atoms with van der Waals surface area (Å²) in [7, 11) is 3.00. The number of para-hydroxylation sites is 1. The number of carbonyl (C=O) groups excluding carboxylic acids is 2. The second-order valence-corrected chi connectivity index (χ2v) is 4.09. The summed E-state index contributed by atoms with van der Waals surface area (Å²) in [4.78, 5) is 23.1. The van der Waals surface area contributed by atoms with Crippen LogP contribution in [0.2, 0.25) is 0 Å². The van der Waals surface area contributed by atoms with E-state index in [0.29, 0.717) is 11.1 Å². The maximum atomic E-state index is 12.0. The molecule has 0 radical (unpaired) electrons. The number of hydrogen-bond donors (Lipinski definition) is 1. The van der Waals surface area contributed by atoms with Gasteiger partial charge in [-0.1, -0.05) is 18.2 Å². The zero-order valence-corrected chi connectivity index (χ0v) is 11.3. The fraction of sp³-hybridized carbons (Fsp3) is 0.286. The Morgan fingerprint density at radius 1 is 1.30 bits per heavy atom. The van der Waals surface area contributed by atoms with Crippen LogP contribution in [-0.4, -0.2) is 32.6 Å². The van der Waals surface area contributed by atoms with Gasteiger partial charge in [-0.25, -0.2) is 4.79 Å². The molecule has 0 fully saturated rings. The van der Waals surface area contributed by atoms with Crippen LogP contribution in [0, 0.1) is 0 Å². The van der Waals surface area contributed by atoms with E-state index in [1.54, 1.807) is 6.07 Å². The first-order valence-electron chi connectivity index (χ1n) is 6.04. The van der Waals surface area contributed by atoms with Crippen molar-refractivity contribution >= 4 is 22.8 Å². The molecule has 1 aromatic carbocycles. The molecule has 6 heteroatoms. The molecule has 0 atom stereocenters. The van der Waals surface area contributed by atoms with Crippen LogP contribution >= 0.6 is 0 Å². The summed E-state index contributed by atoms with van der Waals surface area (Å²) >= 11 is 0. The number of nitrogens with one attached hydrogen (secondary N) is 1. The number of ether oxygens (including phenoxy) is 2. The van der Waals surface area contributed by atoms with Crippen molar-refractivity contribution in [3.63, 3.8) is 0 Å². The van der Waals surface area contributed by atoms with Crippen LogP contribution in [0.25, 0.3) is 11.0 Å².